The molecule has 1 aromatic carbocycles. The summed E-state index contributed by atoms with van der Waals surface area (Å²) in [6.45, 7) is 3.80. The van der Waals surface area contributed by atoms with E-state index < -0.39 is 10.0 Å². The molecule has 0 saturated carbocycles. The molecule has 11 heteroatoms. The number of rotatable bonds is 6. The van der Waals surface area contributed by atoms with Crippen LogP contribution in [-0.2, 0) is 19.5 Å². The van der Waals surface area contributed by atoms with Crippen LogP contribution in [0.4, 0.5) is 11.4 Å². The second kappa shape index (κ2) is 10.2. The van der Waals surface area contributed by atoms with Crippen molar-refractivity contribution in [1.29, 1.82) is 0 Å². The first-order chi connectivity index (χ1) is 15.5. The van der Waals surface area contributed by atoms with Gasteiger partial charge in [0, 0.05) is 32.4 Å². The van der Waals surface area contributed by atoms with Gasteiger partial charge in [-0.1, -0.05) is 0 Å². The number of sulfonamides is 1. The fourth-order valence-corrected chi connectivity index (χ4v) is 5.69. The Balaban J connectivity index is 1.70. The Kier molecular flexibility index (Phi) is 7.31. The molecule has 0 radical (unpaired) electrons. The summed E-state index contributed by atoms with van der Waals surface area (Å²) in [7, 11) is -3.70. The van der Waals surface area contributed by atoms with Crippen molar-refractivity contribution < 1.29 is 22.7 Å². The maximum absolute atomic E-state index is 13.2. The zero-order valence-corrected chi connectivity index (χ0v) is 19.5. The third-order valence-electron chi connectivity index (χ3n) is 5.38. The van der Waals surface area contributed by atoms with Crippen LogP contribution in [0.3, 0.4) is 0 Å². The van der Waals surface area contributed by atoms with Gasteiger partial charge in [0.25, 0.3) is 5.91 Å². The normalized spacial score (nSPS) is 17.8. The summed E-state index contributed by atoms with van der Waals surface area (Å²) < 4.78 is 38.5. The van der Waals surface area contributed by atoms with Gasteiger partial charge in [0.2, 0.25) is 10.0 Å². The standard InChI is InChI=1S/C21H26N4O5S2/c1-31-21-17(3-2-6-22-21)20(26)23-18-15-16(32(27,28)25-9-13-30-14-10-25)4-5-19(18)24-7-11-29-12-8-24/h2-6,15H,7-14H2,1H3,(H,23,26). The summed E-state index contributed by atoms with van der Waals surface area (Å²) in [5.41, 5.74) is 1.65. The fraction of sp³-hybridized carbons (Fsp3) is 0.429. The number of morpholine rings is 2. The quantitative estimate of drug-likeness (QED) is 0.629. The van der Waals surface area contributed by atoms with E-state index >= 15 is 0 Å². The Hall–Kier alpha value is -2.18. The number of thioether (sulfide) groups is 1. The van der Waals surface area contributed by atoms with Gasteiger partial charge in [-0.2, -0.15) is 4.31 Å². The van der Waals surface area contributed by atoms with Crippen LogP contribution < -0.4 is 10.2 Å². The van der Waals surface area contributed by atoms with Crippen LogP contribution in [0.15, 0.2) is 46.5 Å². The smallest absolute Gasteiger partial charge is 0.258 e. The molecule has 0 spiro atoms. The van der Waals surface area contributed by atoms with E-state index in [0.717, 1.165) is 5.69 Å². The molecule has 0 atom stereocenters. The minimum Gasteiger partial charge on any atom is -0.379 e. The number of ether oxygens (including phenoxy) is 2. The topological polar surface area (TPSA) is 101 Å². The summed E-state index contributed by atoms with van der Waals surface area (Å²) in [5, 5.41) is 3.54. The number of nitrogens with zero attached hydrogens (tertiary/aromatic N) is 3. The van der Waals surface area contributed by atoms with Crippen LogP contribution in [0.5, 0.6) is 0 Å². The Morgan fingerprint density at radius 1 is 1.06 bits per heavy atom. The molecule has 1 amide bonds. The molecule has 2 saturated heterocycles. The van der Waals surface area contributed by atoms with Crippen LogP contribution in [0, 0.1) is 0 Å². The van der Waals surface area contributed by atoms with Gasteiger partial charge in [-0.3, -0.25) is 4.79 Å². The molecule has 32 heavy (non-hydrogen) atoms. The molecule has 0 unspecified atom stereocenters. The third kappa shape index (κ3) is 4.91. The van der Waals surface area contributed by atoms with E-state index in [2.05, 4.69) is 15.2 Å². The maximum Gasteiger partial charge on any atom is 0.258 e. The van der Waals surface area contributed by atoms with Crippen LogP contribution in [0.25, 0.3) is 0 Å². The molecule has 4 rings (SSSR count). The summed E-state index contributed by atoms with van der Waals surface area (Å²) in [5.74, 6) is -0.335. The molecular weight excluding hydrogens is 452 g/mol. The van der Waals surface area contributed by atoms with Crippen molar-refractivity contribution in [2.24, 2.45) is 0 Å². The summed E-state index contributed by atoms with van der Waals surface area (Å²) >= 11 is 1.38. The van der Waals surface area contributed by atoms with Gasteiger partial charge >= 0.3 is 0 Å². The highest BCUT2D eigenvalue weighted by Gasteiger charge is 2.28. The van der Waals surface area contributed by atoms with E-state index in [1.54, 1.807) is 36.5 Å². The second-order valence-corrected chi connectivity index (χ2v) is 10.0. The van der Waals surface area contributed by atoms with E-state index in [1.165, 1.54) is 16.1 Å². The number of amides is 1. The van der Waals surface area contributed by atoms with Crippen molar-refractivity contribution in [2.75, 3.05) is 69.1 Å². The molecule has 3 heterocycles. The van der Waals surface area contributed by atoms with Crippen molar-refractivity contribution in [2.45, 2.75) is 9.92 Å². The van der Waals surface area contributed by atoms with E-state index in [1.807, 2.05) is 6.26 Å². The molecule has 1 N–H and O–H groups in total. The van der Waals surface area contributed by atoms with Crippen LogP contribution in [-0.4, -0.2) is 82.5 Å². The monoisotopic (exact) mass is 478 g/mol. The summed E-state index contributed by atoms with van der Waals surface area (Å²) in [6, 6.07) is 8.31. The second-order valence-electron chi connectivity index (χ2n) is 7.31. The minimum absolute atomic E-state index is 0.142. The number of aromatic nitrogens is 1. The number of hydrogen-bond acceptors (Lipinski definition) is 8. The van der Waals surface area contributed by atoms with Gasteiger partial charge in [-0.05, 0) is 36.6 Å². The molecule has 1 aromatic heterocycles. The number of anilines is 2. The lowest BCUT2D eigenvalue weighted by atomic mass is 10.2. The number of nitrogens with one attached hydrogen (secondary N) is 1. The fourth-order valence-electron chi connectivity index (χ4n) is 3.71. The van der Waals surface area contributed by atoms with Crippen LogP contribution in [0.2, 0.25) is 0 Å². The van der Waals surface area contributed by atoms with Crippen molar-refractivity contribution in [3.05, 3.63) is 42.1 Å². The SMILES string of the molecule is CSc1ncccc1C(=O)Nc1cc(S(=O)(=O)N2CCOCC2)ccc1N1CCOCC1. The third-order valence-corrected chi connectivity index (χ3v) is 7.99. The molecule has 172 valence electrons. The van der Waals surface area contributed by atoms with Gasteiger partial charge in [-0.15, -0.1) is 11.8 Å². The minimum atomic E-state index is -3.70. The average Bonchev–Trinajstić information content (AvgIpc) is 2.85. The van der Waals surface area contributed by atoms with E-state index in [4.69, 9.17) is 9.47 Å². The van der Waals surface area contributed by atoms with Crippen molar-refractivity contribution in [1.82, 2.24) is 9.29 Å². The molecule has 2 fully saturated rings. The highest BCUT2D eigenvalue weighted by Crippen LogP contribution is 2.32. The Morgan fingerprint density at radius 2 is 1.75 bits per heavy atom. The molecule has 0 aliphatic carbocycles. The highest BCUT2D eigenvalue weighted by atomic mass is 32.2. The Labute approximate surface area is 192 Å². The number of hydrogen-bond donors (Lipinski definition) is 1. The van der Waals surface area contributed by atoms with Crippen molar-refractivity contribution in [3.63, 3.8) is 0 Å². The first kappa shape index (κ1) is 23.0. The largest absolute Gasteiger partial charge is 0.379 e. The van der Waals surface area contributed by atoms with Gasteiger partial charge < -0.3 is 19.7 Å². The molecule has 2 aliphatic heterocycles. The zero-order valence-electron chi connectivity index (χ0n) is 17.8. The summed E-state index contributed by atoms with van der Waals surface area (Å²) in [6.07, 6.45) is 3.49. The number of pyridine rings is 1. The zero-order chi connectivity index (χ0) is 22.6. The molecule has 2 aliphatic rings. The van der Waals surface area contributed by atoms with Crippen LogP contribution >= 0.6 is 11.8 Å². The highest BCUT2D eigenvalue weighted by molar-refractivity contribution is 7.98. The lowest BCUT2D eigenvalue weighted by Crippen LogP contribution is -2.40. The molecular formula is C21H26N4O5S2. The lowest BCUT2D eigenvalue weighted by molar-refractivity contribution is 0.0730. The maximum atomic E-state index is 13.2. The Bertz CT molecular complexity index is 1070. The lowest BCUT2D eigenvalue weighted by Gasteiger charge is -2.31. The first-order valence-corrected chi connectivity index (χ1v) is 13.0. The van der Waals surface area contributed by atoms with E-state index in [9.17, 15) is 13.2 Å². The predicted octanol–water partition coefficient (Wildman–Crippen LogP) is 1.91. The van der Waals surface area contributed by atoms with Gasteiger partial charge in [0.05, 0.1) is 48.3 Å². The van der Waals surface area contributed by atoms with E-state index in [-0.39, 0.29) is 10.8 Å². The van der Waals surface area contributed by atoms with Crippen LogP contribution in [0.1, 0.15) is 10.4 Å². The predicted molar refractivity (Wildman–Crippen MR) is 123 cm³/mol. The molecule has 0 bridgehead atoms. The first-order valence-electron chi connectivity index (χ1n) is 10.4. The number of carbonyl (C=O) groups excluding carboxylic acids is 1. The summed E-state index contributed by atoms with van der Waals surface area (Å²) in [4.78, 5) is 19.6. The average molecular weight is 479 g/mol. The van der Waals surface area contributed by atoms with Gasteiger partial charge in [0.1, 0.15) is 5.03 Å². The Morgan fingerprint density at radius 3 is 2.44 bits per heavy atom. The molecule has 9 nitrogen and oxygen atoms in total. The van der Waals surface area contributed by atoms with Crippen molar-refractivity contribution >= 4 is 39.1 Å². The van der Waals surface area contributed by atoms with E-state index in [0.29, 0.717) is 68.9 Å². The van der Waals surface area contributed by atoms with Gasteiger partial charge in [-0.25, -0.2) is 13.4 Å². The number of benzene rings is 1. The number of carbonyl (C=O) groups is 1. The van der Waals surface area contributed by atoms with Gasteiger partial charge in [0.15, 0.2) is 0 Å². The van der Waals surface area contributed by atoms with Crippen molar-refractivity contribution in [3.8, 4) is 0 Å². The molecule has 2 aromatic rings.